The highest BCUT2D eigenvalue weighted by Gasteiger charge is 2.27. The average molecular weight is 314 g/mol. The summed E-state index contributed by atoms with van der Waals surface area (Å²) in [7, 11) is 0. The summed E-state index contributed by atoms with van der Waals surface area (Å²) in [6.07, 6.45) is 0.482. The van der Waals surface area contributed by atoms with Crippen LogP contribution in [0.15, 0.2) is 22.7 Å². The van der Waals surface area contributed by atoms with Crippen molar-refractivity contribution in [3.63, 3.8) is 0 Å². The van der Waals surface area contributed by atoms with E-state index in [9.17, 15) is 5.11 Å². The van der Waals surface area contributed by atoms with Gasteiger partial charge in [0.25, 0.3) is 0 Å². The molecule has 1 aliphatic heterocycles. The van der Waals surface area contributed by atoms with Crippen LogP contribution in [0.4, 0.5) is 0 Å². The van der Waals surface area contributed by atoms with E-state index in [1.54, 1.807) is 6.07 Å². The van der Waals surface area contributed by atoms with Crippen molar-refractivity contribution in [3.05, 3.63) is 28.2 Å². The number of aromatic hydroxyl groups is 1. The molecule has 1 aromatic carbocycles. The lowest BCUT2D eigenvalue weighted by atomic mass is 10.0. The Bertz CT molecular complexity index is 414. The summed E-state index contributed by atoms with van der Waals surface area (Å²) < 4.78 is 6.74. The maximum Gasteiger partial charge on any atom is 0.120 e. The van der Waals surface area contributed by atoms with E-state index in [4.69, 9.17) is 4.74 Å². The van der Waals surface area contributed by atoms with Crippen LogP contribution >= 0.6 is 15.9 Å². The van der Waals surface area contributed by atoms with E-state index >= 15 is 0 Å². The Kier molecular flexibility index (Phi) is 4.30. The van der Waals surface area contributed by atoms with Crippen molar-refractivity contribution < 1.29 is 9.84 Å². The first-order chi connectivity index (χ1) is 8.47. The fourth-order valence-corrected chi connectivity index (χ4v) is 2.97. The molecule has 0 aliphatic carbocycles. The summed E-state index contributed by atoms with van der Waals surface area (Å²) in [6, 6.07) is 5.78. The van der Waals surface area contributed by atoms with Crippen molar-refractivity contribution in [1.82, 2.24) is 4.90 Å². The molecule has 0 aromatic heterocycles. The Morgan fingerprint density at radius 2 is 1.94 bits per heavy atom. The van der Waals surface area contributed by atoms with Gasteiger partial charge in [0.15, 0.2) is 0 Å². The summed E-state index contributed by atoms with van der Waals surface area (Å²) in [4.78, 5) is 2.36. The molecule has 3 unspecified atom stereocenters. The van der Waals surface area contributed by atoms with Gasteiger partial charge in [-0.05, 0) is 39.0 Å². The molecule has 100 valence electrons. The van der Waals surface area contributed by atoms with E-state index in [1.807, 2.05) is 12.1 Å². The number of hydrogen-bond acceptors (Lipinski definition) is 3. The van der Waals surface area contributed by atoms with Crippen molar-refractivity contribution >= 4 is 15.9 Å². The quantitative estimate of drug-likeness (QED) is 0.909. The lowest BCUT2D eigenvalue weighted by Crippen LogP contribution is -2.46. The third-order valence-electron chi connectivity index (χ3n) is 3.44. The highest BCUT2D eigenvalue weighted by atomic mass is 79.9. The minimum absolute atomic E-state index is 0.191. The topological polar surface area (TPSA) is 32.7 Å². The molecule has 0 spiro atoms. The molecule has 1 saturated heterocycles. The molecule has 0 radical (unpaired) electrons. The summed E-state index contributed by atoms with van der Waals surface area (Å²) in [5.41, 5.74) is 0.964. The van der Waals surface area contributed by atoms with E-state index in [-0.39, 0.29) is 18.2 Å². The highest BCUT2D eigenvalue weighted by molar-refractivity contribution is 9.10. The van der Waals surface area contributed by atoms with Gasteiger partial charge >= 0.3 is 0 Å². The number of morpholine rings is 1. The summed E-state index contributed by atoms with van der Waals surface area (Å²) in [6.45, 7) is 8.12. The smallest absolute Gasteiger partial charge is 0.120 e. The number of rotatable bonds is 2. The van der Waals surface area contributed by atoms with Crippen LogP contribution < -0.4 is 0 Å². The van der Waals surface area contributed by atoms with Crippen molar-refractivity contribution in [3.8, 4) is 5.75 Å². The molecule has 0 amide bonds. The van der Waals surface area contributed by atoms with Gasteiger partial charge in [0, 0.05) is 29.2 Å². The van der Waals surface area contributed by atoms with Crippen LogP contribution in [-0.4, -0.2) is 35.3 Å². The van der Waals surface area contributed by atoms with E-state index in [0.717, 1.165) is 23.1 Å². The molecule has 1 aromatic rings. The third kappa shape index (κ3) is 3.05. The number of halogens is 1. The van der Waals surface area contributed by atoms with E-state index in [1.165, 1.54) is 0 Å². The second-order valence-electron chi connectivity index (χ2n) is 5.09. The Labute approximate surface area is 117 Å². The minimum atomic E-state index is 0.191. The van der Waals surface area contributed by atoms with Gasteiger partial charge in [0.05, 0.1) is 12.2 Å². The molecule has 1 aliphatic rings. The van der Waals surface area contributed by atoms with Crippen LogP contribution in [0.2, 0.25) is 0 Å². The van der Waals surface area contributed by atoms with Gasteiger partial charge in [-0.1, -0.05) is 15.9 Å². The minimum Gasteiger partial charge on any atom is -0.508 e. The fourth-order valence-electron chi connectivity index (χ4n) is 2.59. The van der Waals surface area contributed by atoms with Crippen molar-refractivity contribution in [2.24, 2.45) is 0 Å². The largest absolute Gasteiger partial charge is 0.508 e. The second-order valence-corrected chi connectivity index (χ2v) is 6.01. The zero-order chi connectivity index (χ0) is 13.3. The van der Waals surface area contributed by atoms with Gasteiger partial charge in [-0.25, -0.2) is 0 Å². The number of hydrogen-bond donors (Lipinski definition) is 1. The molecule has 3 nitrogen and oxygen atoms in total. The third-order valence-corrected chi connectivity index (χ3v) is 3.93. The lowest BCUT2D eigenvalue weighted by Gasteiger charge is -2.39. The number of phenols is 1. The fraction of sp³-hybridized carbons (Fsp3) is 0.571. The van der Waals surface area contributed by atoms with Crippen LogP contribution in [0.5, 0.6) is 5.75 Å². The summed E-state index contributed by atoms with van der Waals surface area (Å²) >= 11 is 3.46. The molecule has 4 heteroatoms. The van der Waals surface area contributed by atoms with Crippen molar-refractivity contribution in [1.29, 1.82) is 0 Å². The summed E-state index contributed by atoms with van der Waals surface area (Å²) in [5.74, 6) is 0.359. The van der Waals surface area contributed by atoms with Gasteiger partial charge < -0.3 is 9.84 Å². The molecule has 2 rings (SSSR count). The number of benzene rings is 1. The second kappa shape index (κ2) is 5.59. The van der Waals surface area contributed by atoms with Crippen molar-refractivity contribution in [2.45, 2.75) is 39.0 Å². The highest BCUT2D eigenvalue weighted by Crippen LogP contribution is 2.32. The Balaban J connectivity index is 2.19. The van der Waals surface area contributed by atoms with E-state index < -0.39 is 0 Å². The maximum absolute atomic E-state index is 9.99. The normalized spacial score (nSPS) is 27.1. The standard InChI is InChI=1S/C14H20BrNO2/c1-9-7-16(8-10(2)18-9)11(3)13-6-12(15)4-5-14(13)17/h4-6,9-11,17H,7-8H2,1-3H3. The molecule has 1 heterocycles. The van der Waals surface area contributed by atoms with Gasteiger partial charge in [-0.3, -0.25) is 4.90 Å². The predicted molar refractivity (Wildman–Crippen MR) is 75.8 cm³/mol. The van der Waals surface area contributed by atoms with Gasteiger partial charge in [-0.15, -0.1) is 0 Å². The van der Waals surface area contributed by atoms with Crippen molar-refractivity contribution in [2.75, 3.05) is 13.1 Å². The van der Waals surface area contributed by atoms with E-state index in [0.29, 0.717) is 5.75 Å². The first kappa shape index (κ1) is 13.8. The van der Waals surface area contributed by atoms with Crippen LogP contribution in [0, 0.1) is 0 Å². The average Bonchev–Trinajstić information content (AvgIpc) is 2.30. The summed E-state index contributed by atoms with van der Waals surface area (Å²) in [5, 5.41) is 9.99. The van der Waals surface area contributed by atoms with Gasteiger partial charge in [0.1, 0.15) is 5.75 Å². The maximum atomic E-state index is 9.99. The zero-order valence-corrected chi connectivity index (χ0v) is 12.6. The van der Waals surface area contributed by atoms with Gasteiger partial charge in [0.2, 0.25) is 0 Å². The molecule has 1 N–H and O–H groups in total. The van der Waals surface area contributed by atoms with E-state index in [2.05, 4.69) is 41.6 Å². The first-order valence-corrected chi connectivity index (χ1v) is 7.14. The molecular weight excluding hydrogens is 294 g/mol. The number of nitrogens with zero attached hydrogens (tertiary/aromatic N) is 1. The molecule has 0 saturated carbocycles. The van der Waals surface area contributed by atoms with Crippen LogP contribution in [0.25, 0.3) is 0 Å². The molecule has 1 fully saturated rings. The Morgan fingerprint density at radius 1 is 1.33 bits per heavy atom. The zero-order valence-electron chi connectivity index (χ0n) is 11.1. The molecule has 0 bridgehead atoms. The Hall–Kier alpha value is -0.580. The molecular formula is C14H20BrNO2. The first-order valence-electron chi connectivity index (χ1n) is 6.35. The lowest BCUT2D eigenvalue weighted by molar-refractivity contribution is -0.0791. The number of ether oxygens (including phenoxy) is 1. The predicted octanol–water partition coefficient (Wildman–Crippen LogP) is 3.32. The SMILES string of the molecule is CC1CN(C(C)c2cc(Br)ccc2O)CC(C)O1. The molecule has 18 heavy (non-hydrogen) atoms. The van der Waals surface area contributed by atoms with Crippen LogP contribution in [0.1, 0.15) is 32.4 Å². The number of phenolic OH excluding ortho intramolecular Hbond substituents is 1. The van der Waals surface area contributed by atoms with Crippen LogP contribution in [-0.2, 0) is 4.74 Å². The monoisotopic (exact) mass is 313 g/mol. The Morgan fingerprint density at radius 3 is 2.56 bits per heavy atom. The van der Waals surface area contributed by atoms with Gasteiger partial charge in [-0.2, -0.15) is 0 Å². The molecule has 3 atom stereocenters. The van der Waals surface area contributed by atoms with Crippen LogP contribution in [0.3, 0.4) is 0 Å².